The number of aryl methyl sites for hydroxylation is 2. The largest absolute Gasteiger partial charge is 0.381 e. The first kappa shape index (κ1) is 16.6. The minimum Gasteiger partial charge on any atom is -0.381 e. The minimum absolute atomic E-state index is 0.0814. The van der Waals surface area contributed by atoms with E-state index >= 15 is 0 Å². The Morgan fingerprint density at radius 3 is 2.60 bits per heavy atom. The lowest BCUT2D eigenvalue weighted by atomic mass is 9.89. The highest BCUT2D eigenvalue weighted by atomic mass is 16.5. The fourth-order valence-electron chi connectivity index (χ4n) is 4.41. The molecule has 0 aromatic heterocycles. The number of fused-ring (bicyclic) bond motifs is 1. The molecule has 5 nitrogen and oxygen atoms in total. The van der Waals surface area contributed by atoms with E-state index in [4.69, 9.17) is 4.74 Å². The first-order chi connectivity index (χ1) is 12.1. The van der Waals surface area contributed by atoms with E-state index < -0.39 is 6.04 Å². The van der Waals surface area contributed by atoms with Gasteiger partial charge in [0.2, 0.25) is 0 Å². The van der Waals surface area contributed by atoms with Crippen molar-refractivity contribution in [2.45, 2.75) is 57.5 Å². The van der Waals surface area contributed by atoms with Gasteiger partial charge in [-0.05, 0) is 68.1 Å². The summed E-state index contributed by atoms with van der Waals surface area (Å²) < 4.78 is 5.38. The zero-order valence-electron chi connectivity index (χ0n) is 14.8. The number of nitrogens with one attached hydrogen (secondary N) is 1. The van der Waals surface area contributed by atoms with Crippen molar-refractivity contribution in [3.63, 3.8) is 0 Å². The minimum atomic E-state index is -0.392. The summed E-state index contributed by atoms with van der Waals surface area (Å²) in [7, 11) is 0. The number of carbonyl (C=O) groups is 2. The maximum absolute atomic E-state index is 12.9. The van der Waals surface area contributed by atoms with E-state index in [9.17, 15) is 9.59 Å². The fraction of sp³-hybridized carbons (Fsp3) is 0.600. The molecule has 2 unspecified atom stereocenters. The zero-order chi connectivity index (χ0) is 17.4. The Balaban J connectivity index is 1.54. The molecule has 1 aromatic carbocycles. The van der Waals surface area contributed by atoms with Crippen LogP contribution in [0.1, 0.15) is 55.3 Å². The normalized spacial score (nSPS) is 25.6. The van der Waals surface area contributed by atoms with Gasteiger partial charge in [0.1, 0.15) is 6.04 Å². The lowest BCUT2D eigenvalue weighted by molar-refractivity contribution is -0.130. The third-order valence-corrected chi connectivity index (χ3v) is 5.98. The summed E-state index contributed by atoms with van der Waals surface area (Å²) in [6.07, 6.45) is 6.37. The summed E-state index contributed by atoms with van der Waals surface area (Å²) in [6.45, 7) is 3.30. The van der Waals surface area contributed by atoms with Gasteiger partial charge in [-0.3, -0.25) is 9.69 Å². The van der Waals surface area contributed by atoms with Gasteiger partial charge < -0.3 is 10.1 Å². The van der Waals surface area contributed by atoms with E-state index in [2.05, 4.69) is 23.5 Å². The fourth-order valence-corrected chi connectivity index (χ4v) is 4.41. The molecule has 1 aliphatic carbocycles. The van der Waals surface area contributed by atoms with Gasteiger partial charge in [0.15, 0.2) is 0 Å². The average molecular weight is 342 g/mol. The number of urea groups is 1. The number of hydrogen-bond donors (Lipinski definition) is 1. The second kappa shape index (κ2) is 6.79. The number of benzene rings is 1. The van der Waals surface area contributed by atoms with E-state index in [0.29, 0.717) is 13.2 Å². The Morgan fingerprint density at radius 2 is 1.84 bits per heavy atom. The summed E-state index contributed by atoms with van der Waals surface area (Å²) in [5.41, 5.74) is 3.85. The van der Waals surface area contributed by atoms with E-state index in [1.165, 1.54) is 28.9 Å². The first-order valence-corrected chi connectivity index (χ1v) is 9.48. The molecule has 2 saturated heterocycles. The Labute approximate surface area is 148 Å². The van der Waals surface area contributed by atoms with Crippen molar-refractivity contribution >= 4 is 11.9 Å². The molecule has 2 heterocycles. The highest BCUT2D eigenvalue weighted by Gasteiger charge is 2.44. The van der Waals surface area contributed by atoms with E-state index in [0.717, 1.165) is 31.2 Å². The molecule has 2 aliphatic heterocycles. The average Bonchev–Trinajstić information content (AvgIpc) is 2.95. The molecule has 134 valence electrons. The highest BCUT2D eigenvalue weighted by molar-refractivity contribution is 6.04. The van der Waals surface area contributed by atoms with E-state index in [-0.39, 0.29) is 23.9 Å². The van der Waals surface area contributed by atoms with Crippen molar-refractivity contribution in [2.24, 2.45) is 5.92 Å². The molecule has 3 amide bonds. The Hall–Kier alpha value is -1.88. The summed E-state index contributed by atoms with van der Waals surface area (Å²) >= 11 is 0. The van der Waals surface area contributed by atoms with Crippen LogP contribution in [-0.2, 0) is 22.4 Å². The van der Waals surface area contributed by atoms with Gasteiger partial charge in [-0.2, -0.15) is 0 Å². The molecule has 0 spiro atoms. The van der Waals surface area contributed by atoms with Crippen molar-refractivity contribution in [3.05, 3.63) is 34.9 Å². The first-order valence-electron chi connectivity index (χ1n) is 9.48. The highest BCUT2D eigenvalue weighted by Crippen LogP contribution is 2.31. The van der Waals surface area contributed by atoms with Crippen LogP contribution in [0.25, 0.3) is 0 Å². The van der Waals surface area contributed by atoms with Crippen LogP contribution in [0.5, 0.6) is 0 Å². The predicted octanol–water partition coefficient (Wildman–Crippen LogP) is 2.97. The number of nitrogens with zero attached hydrogens (tertiary/aromatic N) is 1. The summed E-state index contributed by atoms with van der Waals surface area (Å²) in [5, 5.41) is 2.92. The molecule has 5 heteroatoms. The van der Waals surface area contributed by atoms with Gasteiger partial charge in [-0.15, -0.1) is 0 Å². The van der Waals surface area contributed by atoms with Gasteiger partial charge in [0.25, 0.3) is 5.91 Å². The maximum Gasteiger partial charge on any atom is 0.325 e. The number of imide groups is 1. The third-order valence-electron chi connectivity index (χ3n) is 5.98. The van der Waals surface area contributed by atoms with Gasteiger partial charge >= 0.3 is 6.03 Å². The summed E-state index contributed by atoms with van der Waals surface area (Å²) in [4.78, 5) is 26.8. The van der Waals surface area contributed by atoms with Gasteiger partial charge in [0, 0.05) is 13.2 Å². The molecule has 2 atom stereocenters. The Kier molecular flexibility index (Phi) is 4.50. The van der Waals surface area contributed by atoms with Crippen LogP contribution in [-0.4, -0.2) is 36.1 Å². The smallest absolute Gasteiger partial charge is 0.325 e. The second-order valence-electron chi connectivity index (χ2n) is 7.50. The van der Waals surface area contributed by atoms with Crippen LogP contribution in [0.15, 0.2) is 18.2 Å². The van der Waals surface area contributed by atoms with Crippen molar-refractivity contribution in [2.75, 3.05) is 13.2 Å². The third kappa shape index (κ3) is 3.06. The molecule has 1 N–H and O–H groups in total. The number of carbonyl (C=O) groups excluding carboxylic acids is 2. The molecule has 2 fully saturated rings. The van der Waals surface area contributed by atoms with E-state index in [1.807, 2.05) is 6.92 Å². The van der Waals surface area contributed by atoms with Crippen molar-refractivity contribution in [1.29, 1.82) is 0 Å². The van der Waals surface area contributed by atoms with E-state index in [1.54, 1.807) is 0 Å². The van der Waals surface area contributed by atoms with Gasteiger partial charge in [0.05, 0.1) is 6.04 Å². The van der Waals surface area contributed by atoms with Crippen molar-refractivity contribution in [1.82, 2.24) is 10.2 Å². The molecule has 3 aliphatic rings. The van der Waals surface area contributed by atoms with Crippen LogP contribution < -0.4 is 5.32 Å². The van der Waals surface area contributed by atoms with Gasteiger partial charge in [-0.1, -0.05) is 18.2 Å². The van der Waals surface area contributed by atoms with Crippen LogP contribution in [0.4, 0.5) is 4.79 Å². The number of amides is 3. The Bertz CT molecular complexity index is 682. The zero-order valence-corrected chi connectivity index (χ0v) is 14.8. The van der Waals surface area contributed by atoms with Crippen LogP contribution in [0.2, 0.25) is 0 Å². The van der Waals surface area contributed by atoms with Crippen molar-refractivity contribution < 1.29 is 14.3 Å². The molecule has 1 aromatic rings. The molecule has 0 saturated carbocycles. The van der Waals surface area contributed by atoms with Crippen LogP contribution >= 0.6 is 0 Å². The summed E-state index contributed by atoms with van der Waals surface area (Å²) in [6, 6.07) is 5.57. The van der Waals surface area contributed by atoms with Gasteiger partial charge in [-0.25, -0.2) is 4.79 Å². The number of rotatable bonds is 3. The quantitative estimate of drug-likeness (QED) is 0.859. The van der Waals surface area contributed by atoms with Crippen LogP contribution in [0, 0.1) is 5.92 Å². The predicted molar refractivity (Wildman–Crippen MR) is 94.2 cm³/mol. The number of hydrogen-bond acceptors (Lipinski definition) is 3. The SMILES string of the molecule is CC(c1ccc2c(c1)CCCC2)N1C(=O)NC(C2CCOCC2)C1=O. The maximum atomic E-state index is 12.9. The molecule has 4 rings (SSSR count). The summed E-state index contributed by atoms with van der Waals surface area (Å²) in [5.74, 6) is 0.105. The Morgan fingerprint density at radius 1 is 1.12 bits per heavy atom. The topological polar surface area (TPSA) is 58.6 Å². The second-order valence-corrected chi connectivity index (χ2v) is 7.50. The lowest BCUT2D eigenvalue weighted by Gasteiger charge is -2.27. The number of ether oxygens (including phenoxy) is 1. The molecule has 0 bridgehead atoms. The lowest BCUT2D eigenvalue weighted by Crippen LogP contribution is -2.40. The monoisotopic (exact) mass is 342 g/mol. The van der Waals surface area contributed by atoms with Crippen LogP contribution in [0.3, 0.4) is 0 Å². The molecular weight excluding hydrogens is 316 g/mol. The molecule has 0 radical (unpaired) electrons. The molecule has 25 heavy (non-hydrogen) atoms. The van der Waals surface area contributed by atoms with Crippen molar-refractivity contribution in [3.8, 4) is 0 Å². The standard InChI is InChI=1S/C20H26N2O3/c1-13(16-7-6-14-4-2-3-5-17(14)12-16)22-19(23)18(21-20(22)24)15-8-10-25-11-9-15/h6-7,12-13,15,18H,2-5,8-11H2,1H3,(H,21,24). The molecular formula is C20H26N2O3.